The Bertz CT molecular complexity index is 808. The van der Waals surface area contributed by atoms with E-state index < -0.39 is 18.0 Å². The summed E-state index contributed by atoms with van der Waals surface area (Å²) in [4.78, 5) is 26.5. The number of aromatic nitrogens is 2. The molecule has 2 aromatic rings. The number of carbonyl (C=O) groups excluding carboxylic acids is 2. The van der Waals surface area contributed by atoms with E-state index in [4.69, 9.17) is 9.47 Å². The van der Waals surface area contributed by atoms with E-state index >= 15 is 0 Å². The first-order valence-electron chi connectivity index (χ1n) is 8.94. The maximum Gasteiger partial charge on any atom is 0.348 e. The van der Waals surface area contributed by atoms with Gasteiger partial charge in [-0.25, -0.2) is 4.79 Å². The second-order valence-electron chi connectivity index (χ2n) is 6.26. The molecule has 3 rings (SSSR count). The molecule has 1 aromatic carbocycles. The SMILES string of the molecule is COC(=O)[C@@H](CNC(=O)c1ccc(N2CCCC2)nn1)Oc1ccc(Br)cc1. The molecule has 28 heavy (non-hydrogen) atoms. The maximum atomic E-state index is 12.3. The van der Waals surface area contributed by atoms with Crippen molar-refractivity contribution in [3.05, 3.63) is 46.6 Å². The van der Waals surface area contributed by atoms with Gasteiger partial charge in [0, 0.05) is 17.6 Å². The molecular formula is C19H21BrN4O4. The van der Waals surface area contributed by atoms with Crippen LogP contribution in [0.1, 0.15) is 23.3 Å². The smallest absolute Gasteiger partial charge is 0.348 e. The van der Waals surface area contributed by atoms with Gasteiger partial charge >= 0.3 is 5.97 Å². The number of hydrogen-bond acceptors (Lipinski definition) is 7. The standard InChI is InChI=1S/C19H21BrN4O4/c1-27-19(26)16(28-14-6-4-13(20)5-7-14)12-21-18(25)15-8-9-17(23-22-15)24-10-2-3-11-24/h4-9,16H,2-3,10-12H2,1H3,(H,21,25)/t16-/m1/s1. The second kappa shape index (κ2) is 9.50. The third kappa shape index (κ3) is 5.19. The summed E-state index contributed by atoms with van der Waals surface area (Å²) >= 11 is 3.34. The number of amides is 1. The molecule has 9 heteroatoms. The predicted octanol–water partition coefficient (Wildman–Crippen LogP) is 2.19. The summed E-state index contributed by atoms with van der Waals surface area (Å²) < 4.78 is 11.3. The maximum absolute atomic E-state index is 12.3. The van der Waals surface area contributed by atoms with E-state index in [1.165, 1.54) is 7.11 Å². The first-order chi connectivity index (χ1) is 13.6. The number of carbonyl (C=O) groups is 2. The van der Waals surface area contributed by atoms with E-state index in [0.29, 0.717) is 5.75 Å². The number of benzene rings is 1. The summed E-state index contributed by atoms with van der Waals surface area (Å²) in [6.07, 6.45) is 1.29. The van der Waals surface area contributed by atoms with Crippen molar-refractivity contribution in [2.24, 2.45) is 0 Å². The molecule has 1 aromatic heterocycles. The van der Waals surface area contributed by atoms with E-state index in [-0.39, 0.29) is 12.2 Å². The Balaban J connectivity index is 1.59. The molecule has 1 N–H and O–H groups in total. The van der Waals surface area contributed by atoms with Gasteiger partial charge in [0.25, 0.3) is 5.91 Å². The number of hydrogen-bond donors (Lipinski definition) is 1. The monoisotopic (exact) mass is 448 g/mol. The van der Waals surface area contributed by atoms with Crippen LogP contribution in [0.15, 0.2) is 40.9 Å². The summed E-state index contributed by atoms with van der Waals surface area (Å²) in [6.45, 7) is 1.85. The van der Waals surface area contributed by atoms with Crippen LogP contribution in [0, 0.1) is 0 Å². The van der Waals surface area contributed by atoms with Crippen molar-refractivity contribution in [2.45, 2.75) is 18.9 Å². The number of nitrogens with one attached hydrogen (secondary N) is 1. The summed E-state index contributed by atoms with van der Waals surface area (Å²) in [5.41, 5.74) is 0.176. The van der Waals surface area contributed by atoms with Crippen molar-refractivity contribution in [2.75, 3.05) is 31.6 Å². The molecule has 0 saturated carbocycles. The number of esters is 1. The van der Waals surface area contributed by atoms with Crippen LogP contribution in [-0.4, -0.2) is 54.9 Å². The average molecular weight is 449 g/mol. The first kappa shape index (κ1) is 20.1. The molecule has 1 aliphatic rings. The highest BCUT2D eigenvalue weighted by Gasteiger charge is 2.23. The molecule has 1 atom stereocenters. The van der Waals surface area contributed by atoms with Crippen LogP contribution < -0.4 is 15.0 Å². The van der Waals surface area contributed by atoms with Gasteiger partial charge < -0.3 is 19.7 Å². The highest BCUT2D eigenvalue weighted by molar-refractivity contribution is 9.10. The molecule has 0 spiro atoms. The van der Waals surface area contributed by atoms with Crippen LogP contribution >= 0.6 is 15.9 Å². The largest absolute Gasteiger partial charge is 0.477 e. The van der Waals surface area contributed by atoms with Crippen molar-refractivity contribution < 1.29 is 19.1 Å². The predicted molar refractivity (Wildman–Crippen MR) is 106 cm³/mol. The molecule has 0 radical (unpaired) electrons. The van der Waals surface area contributed by atoms with Crippen LogP contribution in [0.3, 0.4) is 0 Å². The summed E-state index contributed by atoms with van der Waals surface area (Å²) in [7, 11) is 1.27. The van der Waals surface area contributed by atoms with Crippen LogP contribution in [0.5, 0.6) is 5.75 Å². The minimum absolute atomic E-state index is 0.0584. The van der Waals surface area contributed by atoms with E-state index in [1.54, 1.807) is 36.4 Å². The molecule has 1 saturated heterocycles. The Morgan fingerprint density at radius 1 is 1.14 bits per heavy atom. The molecule has 1 fully saturated rings. The van der Waals surface area contributed by atoms with Crippen molar-refractivity contribution in [1.82, 2.24) is 15.5 Å². The molecule has 0 bridgehead atoms. The Morgan fingerprint density at radius 3 is 2.46 bits per heavy atom. The quantitative estimate of drug-likeness (QED) is 0.648. The lowest BCUT2D eigenvalue weighted by Gasteiger charge is -2.18. The van der Waals surface area contributed by atoms with Gasteiger partial charge in [-0.1, -0.05) is 15.9 Å². The van der Waals surface area contributed by atoms with E-state index in [1.807, 2.05) is 0 Å². The van der Waals surface area contributed by atoms with Gasteiger partial charge in [-0.15, -0.1) is 10.2 Å². The lowest BCUT2D eigenvalue weighted by atomic mass is 10.3. The fraction of sp³-hybridized carbons (Fsp3) is 0.368. The average Bonchev–Trinajstić information content (AvgIpc) is 3.26. The number of ether oxygens (including phenoxy) is 2. The van der Waals surface area contributed by atoms with Gasteiger partial charge in [0.05, 0.1) is 13.7 Å². The van der Waals surface area contributed by atoms with Crippen LogP contribution in [0.4, 0.5) is 5.82 Å². The van der Waals surface area contributed by atoms with E-state index in [2.05, 4.69) is 36.3 Å². The van der Waals surface area contributed by atoms with Gasteiger partial charge in [-0.3, -0.25) is 4.79 Å². The van der Waals surface area contributed by atoms with Crippen LogP contribution in [0.2, 0.25) is 0 Å². The molecule has 1 amide bonds. The Morgan fingerprint density at radius 2 is 1.86 bits per heavy atom. The zero-order chi connectivity index (χ0) is 19.9. The van der Waals surface area contributed by atoms with Crippen molar-refractivity contribution in [3.63, 3.8) is 0 Å². The van der Waals surface area contributed by atoms with Gasteiger partial charge in [0.1, 0.15) is 5.75 Å². The molecule has 2 heterocycles. The molecule has 0 unspecified atom stereocenters. The second-order valence-corrected chi connectivity index (χ2v) is 7.18. The number of rotatable bonds is 7. The fourth-order valence-corrected chi connectivity index (χ4v) is 3.08. The van der Waals surface area contributed by atoms with Crippen LogP contribution in [0.25, 0.3) is 0 Å². The van der Waals surface area contributed by atoms with Crippen molar-refractivity contribution in [1.29, 1.82) is 0 Å². The highest BCUT2D eigenvalue weighted by atomic mass is 79.9. The molecular weight excluding hydrogens is 428 g/mol. The number of methoxy groups -OCH3 is 1. The lowest BCUT2D eigenvalue weighted by Crippen LogP contribution is -2.41. The van der Waals surface area contributed by atoms with Crippen molar-refractivity contribution in [3.8, 4) is 5.75 Å². The number of nitrogens with zero attached hydrogens (tertiary/aromatic N) is 3. The molecule has 8 nitrogen and oxygen atoms in total. The lowest BCUT2D eigenvalue weighted by molar-refractivity contribution is -0.148. The first-order valence-corrected chi connectivity index (χ1v) is 9.73. The van der Waals surface area contributed by atoms with Gasteiger partial charge in [0.2, 0.25) is 6.10 Å². The molecule has 1 aliphatic heterocycles. The van der Waals surface area contributed by atoms with E-state index in [0.717, 1.165) is 36.2 Å². The Labute approximate surface area is 171 Å². The third-order valence-corrected chi connectivity index (χ3v) is 4.85. The minimum atomic E-state index is -0.980. The molecule has 148 valence electrons. The van der Waals surface area contributed by atoms with Crippen molar-refractivity contribution >= 4 is 33.6 Å². The number of anilines is 1. The topological polar surface area (TPSA) is 93.7 Å². The van der Waals surface area contributed by atoms with Gasteiger partial charge in [-0.2, -0.15) is 0 Å². The minimum Gasteiger partial charge on any atom is -0.477 e. The zero-order valence-corrected chi connectivity index (χ0v) is 17.0. The summed E-state index contributed by atoms with van der Waals surface area (Å²) in [6, 6.07) is 10.4. The van der Waals surface area contributed by atoms with E-state index in [9.17, 15) is 9.59 Å². The van der Waals surface area contributed by atoms with Gasteiger partial charge in [0.15, 0.2) is 11.5 Å². The Kier molecular flexibility index (Phi) is 6.80. The number of halogens is 1. The summed E-state index contributed by atoms with van der Waals surface area (Å²) in [5, 5.41) is 10.8. The van der Waals surface area contributed by atoms with Gasteiger partial charge in [-0.05, 0) is 49.2 Å². The fourth-order valence-electron chi connectivity index (χ4n) is 2.82. The summed E-state index contributed by atoms with van der Waals surface area (Å²) in [5.74, 6) is 0.232. The zero-order valence-electron chi connectivity index (χ0n) is 15.4. The van der Waals surface area contributed by atoms with Crippen LogP contribution in [-0.2, 0) is 9.53 Å². The third-order valence-electron chi connectivity index (χ3n) is 4.32. The Hall–Kier alpha value is -2.68. The highest BCUT2D eigenvalue weighted by Crippen LogP contribution is 2.18. The normalized spacial score (nSPS) is 14.4. The molecule has 0 aliphatic carbocycles.